The van der Waals surface area contributed by atoms with Crippen molar-refractivity contribution in [1.82, 2.24) is 25.4 Å². The Morgan fingerprint density at radius 2 is 2.09 bits per heavy atom. The quantitative estimate of drug-likeness (QED) is 0.293. The largest absolute Gasteiger partial charge is 0.481 e. The number of rotatable bonds is 10. The molecule has 2 amide bonds. The Hall–Kier alpha value is -3.04. The van der Waals surface area contributed by atoms with Gasteiger partial charge in [0.2, 0.25) is 11.8 Å². The van der Waals surface area contributed by atoms with Crippen LogP contribution in [0.1, 0.15) is 5.89 Å². The summed E-state index contributed by atoms with van der Waals surface area (Å²) in [7, 11) is 0. The second kappa shape index (κ2) is 10.5. The summed E-state index contributed by atoms with van der Waals surface area (Å²) in [5.74, 6) is -2.64. The van der Waals surface area contributed by atoms with E-state index >= 15 is 0 Å². The molecule has 1 fully saturated rings. The van der Waals surface area contributed by atoms with Crippen LogP contribution in [0.3, 0.4) is 0 Å². The Morgan fingerprint density at radius 1 is 1.26 bits per heavy atom. The molecule has 0 aromatic carbocycles. The molecule has 2 aromatic heterocycles. The molecule has 2 aliphatic heterocycles. The second-order valence-corrected chi connectivity index (χ2v) is 10.1. The van der Waals surface area contributed by atoms with Gasteiger partial charge in [0.15, 0.2) is 0 Å². The van der Waals surface area contributed by atoms with E-state index in [-0.39, 0.29) is 34.2 Å². The molecule has 178 valence electrons. The maximum absolute atomic E-state index is 12.7. The first-order valence-corrected chi connectivity index (χ1v) is 12.7. The standard InChI is InChI=1S/C19H17N5O7S3/c25-11(8-32-10-2-1-3-20-5-10)21-14-16(28)24-15(18(29)30)9(6-33-17(14)24)7-34-19-23-22-12(31-19)4-13(26)27/h1-3,5,14,17H,4,6-8H2,(H,21,25)(H,26,27)(H,29,30)/t14?,17-/m1/s1. The maximum Gasteiger partial charge on any atom is 0.352 e. The van der Waals surface area contributed by atoms with Crippen molar-refractivity contribution in [1.29, 1.82) is 0 Å². The molecule has 0 spiro atoms. The van der Waals surface area contributed by atoms with Crippen LogP contribution in [0, 0.1) is 0 Å². The number of hydrogen-bond acceptors (Lipinski definition) is 11. The summed E-state index contributed by atoms with van der Waals surface area (Å²) < 4.78 is 5.23. The number of thioether (sulfide) groups is 3. The van der Waals surface area contributed by atoms with Gasteiger partial charge in [-0.05, 0) is 17.7 Å². The van der Waals surface area contributed by atoms with Gasteiger partial charge in [-0.3, -0.25) is 24.3 Å². The fourth-order valence-corrected chi connectivity index (χ4v) is 6.19. The van der Waals surface area contributed by atoms with Crippen molar-refractivity contribution < 1.29 is 33.8 Å². The SMILES string of the molecule is O=C(O)Cc1nnc(SCC2=C(C(=O)O)N3C(=O)C(NC(=O)CSc4cccnc4)[C@H]3SC2)o1. The van der Waals surface area contributed by atoms with E-state index < -0.39 is 35.7 Å². The average Bonchev–Trinajstić information content (AvgIpc) is 3.26. The third-order valence-corrected chi connectivity index (χ3v) is 7.92. The smallest absolute Gasteiger partial charge is 0.352 e. The van der Waals surface area contributed by atoms with E-state index in [9.17, 15) is 24.3 Å². The molecule has 2 aliphatic rings. The highest BCUT2D eigenvalue weighted by molar-refractivity contribution is 8.01. The number of amides is 2. The highest BCUT2D eigenvalue weighted by atomic mass is 32.2. The van der Waals surface area contributed by atoms with E-state index in [0.29, 0.717) is 11.3 Å². The van der Waals surface area contributed by atoms with Gasteiger partial charge in [-0.2, -0.15) is 0 Å². The summed E-state index contributed by atoms with van der Waals surface area (Å²) in [4.78, 5) is 53.7. The summed E-state index contributed by atoms with van der Waals surface area (Å²) in [5.41, 5.74) is 0.365. The topological polar surface area (TPSA) is 176 Å². The van der Waals surface area contributed by atoms with Crippen LogP contribution < -0.4 is 5.32 Å². The number of pyridine rings is 1. The van der Waals surface area contributed by atoms with E-state index in [1.54, 1.807) is 18.5 Å². The normalized spacial score (nSPS) is 19.4. The van der Waals surface area contributed by atoms with Crippen molar-refractivity contribution in [3.05, 3.63) is 41.7 Å². The first-order chi connectivity index (χ1) is 16.3. The highest BCUT2D eigenvalue weighted by Crippen LogP contribution is 2.41. The minimum atomic E-state index is -1.25. The number of carbonyl (C=O) groups is 4. The number of carboxylic acids is 2. The highest BCUT2D eigenvalue weighted by Gasteiger charge is 2.54. The van der Waals surface area contributed by atoms with Gasteiger partial charge in [-0.25, -0.2) is 4.79 Å². The summed E-state index contributed by atoms with van der Waals surface area (Å²) in [6.45, 7) is 0. The van der Waals surface area contributed by atoms with Crippen LogP contribution in [-0.4, -0.2) is 82.7 Å². The molecular formula is C19H17N5O7S3. The number of carboxylic acid groups (broad SMARTS) is 2. The molecule has 0 saturated carbocycles. The number of nitrogens with one attached hydrogen (secondary N) is 1. The number of aliphatic carboxylic acids is 2. The van der Waals surface area contributed by atoms with Gasteiger partial charge in [0.1, 0.15) is 23.5 Å². The molecule has 4 heterocycles. The van der Waals surface area contributed by atoms with Gasteiger partial charge in [0, 0.05) is 28.8 Å². The van der Waals surface area contributed by atoms with Crippen molar-refractivity contribution >= 4 is 59.0 Å². The molecule has 0 aliphatic carbocycles. The molecule has 34 heavy (non-hydrogen) atoms. The van der Waals surface area contributed by atoms with Crippen LogP contribution in [0.2, 0.25) is 0 Å². The van der Waals surface area contributed by atoms with Gasteiger partial charge in [-0.1, -0.05) is 11.8 Å². The Bertz CT molecular complexity index is 1160. The zero-order valence-corrected chi connectivity index (χ0v) is 19.7. The molecule has 4 rings (SSSR count). The molecule has 0 radical (unpaired) electrons. The Kier molecular flexibility index (Phi) is 7.43. The summed E-state index contributed by atoms with van der Waals surface area (Å²) in [6.07, 6.45) is 2.85. The first-order valence-electron chi connectivity index (χ1n) is 9.72. The van der Waals surface area contributed by atoms with Crippen molar-refractivity contribution in [2.24, 2.45) is 0 Å². The number of β-lactam (4-membered cyclic amide) rings is 1. The van der Waals surface area contributed by atoms with E-state index in [1.165, 1.54) is 28.4 Å². The zero-order valence-electron chi connectivity index (χ0n) is 17.2. The number of nitrogens with zero attached hydrogens (tertiary/aromatic N) is 4. The lowest BCUT2D eigenvalue weighted by atomic mass is 10.0. The van der Waals surface area contributed by atoms with Crippen LogP contribution in [0.5, 0.6) is 0 Å². The minimum absolute atomic E-state index is 0.0567. The van der Waals surface area contributed by atoms with Crippen molar-refractivity contribution in [3.63, 3.8) is 0 Å². The molecule has 3 N–H and O–H groups in total. The monoisotopic (exact) mass is 523 g/mol. The van der Waals surface area contributed by atoms with Crippen LogP contribution >= 0.6 is 35.3 Å². The molecule has 1 saturated heterocycles. The van der Waals surface area contributed by atoms with E-state index in [2.05, 4.69) is 20.5 Å². The fraction of sp³-hybridized carbons (Fsp3) is 0.316. The average molecular weight is 524 g/mol. The third kappa shape index (κ3) is 5.37. The van der Waals surface area contributed by atoms with Gasteiger partial charge >= 0.3 is 11.9 Å². The molecule has 1 unspecified atom stereocenters. The number of aromatic nitrogens is 3. The minimum Gasteiger partial charge on any atom is -0.481 e. The molecular weight excluding hydrogens is 506 g/mol. The van der Waals surface area contributed by atoms with Crippen LogP contribution in [-0.2, 0) is 25.6 Å². The second-order valence-electron chi connectivity index (χ2n) is 7.01. The Labute approximate surface area is 205 Å². The van der Waals surface area contributed by atoms with E-state index in [0.717, 1.165) is 16.7 Å². The fourth-order valence-electron chi connectivity index (χ4n) is 3.24. The van der Waals surface area contributed by atoms with Crippen molar-refractivity contribution in [3.8, 4) is 0 Å². The lowest BCUT2D eigenvalue weighted by molar-refractivity contribution is -0.150. The van der Waals surface area contributed by atoms with Crippen LogP contribution in [0.4, 0.5) is 0 Å². The first kappa shape index (κ1) is 24.1. The molecule has 15 heteroatoms. The molecule has 12 nitrogen and oxygen atoms in total. The zero-order chi connectivity index (χ0) is 24.2. The number of hydrogen-bond donors (Lipinski definition) is 3. The third-order valence-electron chi connectivity index (χ3n) is 4.69. The summed E-state index contributed by atoms with van der Waals surface area (Å²) >= 11 is 3.70. The molecule has 2 atom stereocenters. The van der Waals surface area contributed by atoms with E-state index in [4.69, 9.17) is 9.52 Å². The Morgan fingerprint density at radius 3 is 2.79 bits per heavy atom. The van der Waals surface area contributed by atoms with Crippen molar-refractivity contribution in [2.45, 2.75) is 28.0 Å². The molecule has 0 bridgehead atoms. The summed E-state index contributed by atoms with van der Waals surface area (Å²) in [5, 5.41) is 28.2. The van der Waals surface area contributed by atoms with Gasteiger partial charge in [0.05, 0.1) is 5.75 Å². The van der Waals surface area contributed by atoms with Gasteiger partial charge in [-0.15, -0.1) is 33.7 Å². The predicted octanol–water partition coefficient (Wildman–Crippen LogP) is 0.715. The van der Waals surface area contributed by atoms with Gasteiger partial charge < -0.3 is 19.9 Å². The molecule has 2 aromatic rings. The van der Waals surface area contributed by atoms with E-state index in [1.807, 2.05) is 6.07 Å². The van der Waals surface area contributed by atoms with Gasteiger partial charge in [0.25, 0.3) is 11.1 Å². The lowest BCUT2D eigenvalue weighted by Crippen LogP contribution is -2.70. The summed E-state index contributed by atoms with van der Waals surface area (Å²) in [6, 6.07) is 2.78. The van der Waals surface area contributed by atoms with Crippen LogP contribution in [0.25, 0.3) is 0 Å². The predicted molar refractivity (Wildman–Crippen MR) is 121 cm³/mol. The van der Waals surface area contributed by atoms with Crippen LogP contribution in [0.15, 0.2) is 50.3 Å². The number of fused-ring (bicyclic) bond motifs is 1. The lowest BCUT2D eigenvalue weighted by Gasteiger charge is -2.49. The number of carbonyl (C=O) groups excluding carboxylic acids is 2. The van der Waals surface area contributed by atoms with Crippen molar-refractivity contribution in [2.75, 3.05) is 17.3 Å². The maximum atomic E-state index is 12.7. The Balaban J connectivity index is 1.37.